The van der Waals surface area contributed by atoms with Crippen LogP contribution in [0.1, 0.15) is 35.4 Å². The number of hydrogen-bond donors (Lipinski definition) is 1. The standard InChI is InChI=1S/C21H26NO4S2/c1-22(2)13-7-8-14(12-15(22)19-16(11-13)26-19)25-20(23)21(24,17-5-3-9-27-17)18-6-4-10-28-18/h3-6,9-10,13-16,19,24H,7-8,11-12H2,1-2H3/q+1/t13?,14-,15-,16?,19+/m0/s1. The fraction of sp³-hybridized carbons (Fsp3) is 0.571. The molecule has 150 valence electrons. The average molecular weight is 421 g/mol. The summed E-state index contributed by atoms with van der Waals surface area (Å²) in [4.78, 5) is 14.5. The van der Waals surface area contributed by atoms with Crippen molar-refractivity contribution in [1.82, 2.24) is 0 Å². The summed E-state index contributed by atoms with van der Waals surface area (Å²) >= 11 is 2.76. The lowest BCUT2D eigenvalue weighted by atomic mass is 9.92. The van der Waals surface area contributed by atoms with Gasteiger partial charge in [-0.2, -0.15) is 0 Å². The van der Waals surface area contributed by atoms with Gasteiger partial charge in [0.05, 0.1) is 36.0 Å². The lowest BCUT2D eigenvalue weighted by Crippen LogP contribution is -2.60. The molecule has 1 N–H and O–H groups in total. The van der Waals surface area contributed by atoms with Crippen molar-refractivity contribution in [3.63, 3.8) is 0 Å². The van der Waals surface area contributed by atoms with Gasteiger partial charge in [0.1, 0.15) is 18.2 Å². The molecule has 0 aliphatic carbocycles. The van der Waals surface area contributed by atoms with Crippen LogP contribution in [0, 0.1) is 0 Å². The van der Waals surface area contributed by atoms with E-state index in [0.717, 1.165) is 30.2 Å². The molecule has 7 heteroatoms. The molecule has 3 saturated heterocycles. The molecule has 2 bridgehead atoms. The highest BCUT2D eigenvalue weighted by Crippen LogP contribution is 2.47. The first-order valence-corrected chi connectivity index (χ1v) is 11.7. The smallest absolute Gasteiger partial charge is 0.349 e. The van der Waals surface area contributed by atoms with E-state index in [1.807, 2.05) is 22.9 Å². The quantitative estimate of drug-likeness (QED) is 0.469. The number of thiophene rings is 2. The minimum absolute atomic E-state index is 0.186. The predicted molar refractivity (Wildman–Crippen MR) is 108 cm³/mol. The lowest BCUT2D eigenvalue weighted by molar-refractivity contribution is -0.941. The number of ether oxygens (including phenoxy) is 2. The van der Waals surface area contributed by atoms with Gasteiger partial charge in [-0.3, -0.25) is 0 Å². The van der Waals surface area contributed by atoms with Crippen molar-refractivity contribution in [2.24, 2.45) is 0 Å². The molecule has 5 rings (SSSR count). The van der Waals surface area contributed by atoms with Gasteiger partial charge in [-0.1, -0.05) is 12.1 Å². The highest BCUT2D eigenvalue weighted by molar-refractivity contribution is 7.12. The van der Waals surface area contributed by atoms with Crippen LogP contribution in [0.5, 0.6) is 0 Å². The SMILES string of the molecule is C[N+]1(C)C2CC[C@H](OC(=O)C(O)(c3cccs3)c3cccs3)C[C@H]1[C@H]1OC1C2. The lowest BCUT2D eigenvalue weighted by Gasteiger charge is -2.44. The van der Waals surface area contributed by atoms with Crippen LogP contribution in [-0.4, -0.2) is 60.0 Å². The molecule has 0 saturated carbocycles. The second kappa shape index (κ2) is 6.64. The van der Waals surface area contributed by atoms with Crippen LogP contribution in [0.3, 0.4) is 0 Å². The number of carbonyl (C=O) groups is 1. The molecule has 3 aliphatic rings. The zero-order valence-electron chi connectivity index (χ0n) is 16.1. The molecule has 2 unspecified atom stereocenters. The number of hydrogen-bond acceptors (Lipinski definition) is 6. The Kier molecular flexibility index (Phi) is 4.45. The van der Waals surface area contributed by atoms with Crippen LogP contribution in [0.4, 0.5) is 0 Å². The monoisotopic (exact) mass is 420 g/mol. The summed E-state index contributed by atoms with van der Waals surface area (Å²) in [5, 5.41) is 15.2. The van der Waals surface area contributed by atoms with E-state index in [-0.39, 0.29) is 6.10 Å². The zero-order valence-corrected chi connectivity index (χ0v) is 17.7. The summed E-state index contributed by atoms with van der Waals surface area (Å²) < 4.78 is 12.9. The Morgan fingerprint density at radius 3 is 2.46 bits per heavy atom. The van der Waals surface area contributed by atoms with Gasteiger partial charge in [-0.25, -0.2) is 4.79 Å². The van der Waals surface area contributed by atoms with E-state index in [1.54, 1.807) is 12.1 Å². The fourth-order valence-corrected chi connectivity index (χ4v) is 6.84. The number of aliphatic hydroxyl groups is 1. The number of fused-ring (bicyclic) bond motifs is 4. The van der Waals surface area contributed by atoms with Gasteiger partial charge in [0.25, 0.3) is 0 Å². The fourth-order valence-electron chi connectivity index (χ4n) is 5.13. The van der Waals surface area contributed by atoms with Crippen LogP contribution in [0.15, 0.2) is 35.0 Å². The number of quaternary nitrogens is 1. The molecule has 5 nitrogen and oxygen atoms in total. The van der Waals surface area contributed by atoms with Gasteiger partial charge in [-0.05, 0) is 29.3 Å². The highest BCUT2D eigenvalue weighted by atomic mass is 32.1. The number of piperidine rings is 1. The van der Waals surface area contributed by atoms with Crippen molar-refractivity contribution in [2.45, 2.75) is 61.7 Å². The molecule has 0 aromatic carbocycles. The normalized spacial score (nSPS) is 33.6. The minimum Gasteiger partial charge on any atom is -0.459 e. The number of carbonyl (C=O) groups excluding carboxylic acids is 1. The molecule has 28 heavy (non-hydrogen) atoms. The average Bonchev–Trinajstić information content (AvgIpc) is 3.11. The Morgan fingerprint density at radius 2 is 1.86 bits per heavy atom. The first kappa shape index (κ1) is 18.8. The molecule has 2 aromatic heterocycles. The Bertz CT molecular complexity index is 814. The maximum absolute atomic E-state index is 13.3. The van der Waals surface area contributed by atoms with Gasteiger partial charge in [0.15, 0.2) is 0 Å². The predicted octanol–water partition coefficient (Wildman–Crippen LogP) is 3.13. The van der Waals surface area contributed by atoms with E-state index < -0.39 is 11.6 Å². The molecule has 5 atom stereocenters. The second-order valence-corrected chi connectivity index (χ2v) is 10.6. The van der Waals surface area contributed by atoms with E-state index in [1.165, 1.54) is 22.7 Å². The maximum atomic E-state index is 13.3. The van der Waals surface area contributed by atoms with Gasteiger partial charge < -0.3 is 19.1 Å². The third kappa shape index (κ3) is 2.87. The van der Waals surface area contributed by atoms with E-state index in [2.05, 4.69) is 14.1 Å². The van der Waals surface area contributed by atoms with Crippen LogP contribution >= 0.6 is 22.7 Å². The second-order valence-electron chi connectivity index (χ2n) is 8.73. The summed E-state index contributed by atoms with van der Waals surface area (Å²) in [7, 11) is 4.57. The van der Waals surface area contributed by atoms with Crippen LogP contribution < -0.4 is 0 Å². The van der Waals surface area contributed by atoms with Gasteiger partial charge in [-0.15, -0.1) is 22.7 Å². The third-order valence-corrected chi connectivity index (χ3v) is 8.91. The molecule has 0 amide bonds. The first-order chi connectivity index (χ1) is 13.4. The van der Waals surface area contributed by atoms with Gasteiger partial charge >= 0.3 is 5.97 Å². The summed E-state index contributed by atoms with van der Waals surface area (Å²) in [6.07, 6.45) is 4.26. The Labute approximate surface area is 173 Å². The summed E-state index contributed by atoms with van der Waals surface area (Å²) in [6.45, 7) is 0. The number of rotatable bonds is 4. The molecular weight excluding hydrogens is 394 g/mol. The van der Waals surface area contributed by atoms with Crippen molar-refractivity contribution in [1.29, 1.82) is 0 Å². The van der Waals surface area contributed by atoms with Crippen molar-refractivity contribution in [3.05, 3.63) is 44.8 Å². The van der Waals surface area contributed by atoms with E-state index >= 15 is 0 Å². The van der Waals surface area contributed by atoms with Crippen molar-refractivity contribution in [3.8, 4) is 0 Å². The number of epoxide rings is 1. The van der Waals surface area contributed by atoms with Crippen LogP contribution in [0.25, 0.3) is 0 Å². The third-order valence-electron chi connectivity index (χ3n) is 6.95. The Morgan fingerprint density at radius 1 is 1.18 bits per heavy atom. The van der Waals surface area contributed by atoms with Crippen LogP contribution in [0.2, 0.25) is 0 Å². The summed E-state index contributed by atoms with van der Waals surface area (Å²) in [5.41, 5.74) is -1.73. The largest absolute Gasteiger partial charge is 0.459 e. The molecule has 0 spiro atoms. The molecule has 0 radical (unpaired) electrons. The first-order valence-electron chi connectivity index (χ1n) is 9.91. The highest BCUT2D eigenvalue weighted by Gasteiger charge is 2.61. The molecular formula is C21H26NO4S2+. The van der Waals surface area contributed by atoms with E-state index in [4.69, 9.17) is 9.47 Å². The number of likely N-dealkylation sites (N-methyl/N-ethyl adjacent to an activating group) is 1. The van der Waals surface area contributed by atoms with Crippen LogP contribution in [-0.2, 0) is 19.9 Å². The summed E-state index contributed by atoms with van der Waals surface area (Å²) in [5.74, 6) is -0.558. The van der Waals surface area contributed by atoms with E-state index in [0.29, 0.717) is 34.0 Å². The topological polar surface area (TPSA) is 59.1 Å². The zero-order chi connectivity index (χ0) is 19.5. The van der Waals surface area contributed by atoms with Gasteiger partial charge in [0, 0.05) is 19.3 Å². The number of nitrogens with zero attached hydrogens (tertiary/aromatic N) is 1. The molecule has 3 fully saturated rings. The summed E-state index contributed by atoms with van der Waals surface area (Å²) in [6, 6.07) is 8.20. The Hall–Kier alpha value is -1.25. The maximum Gasteiger partial charge on any atom is 0.349 e. The Balaban J connectivity index is 1.40. The van der Waals surface area contributed by atoms with Crippen molar-refractivity contribution in [2.75, 3.05) is 14.1 Å². The minimum atomic E-state index is -1.73. The molecule has 3 aliphatic heterocycles. The van der Waals surface area contributed by atoms with Crippen molar-refractivity contribution >= 4 is 28.6 Å². The molecule has 2 aromatic rings. The molecule has 5 heterocycles. The van der Waals surface area contributed by atoms with E-state index in [9.17, 15) is 9.90 Å². The van der Waals surface area contributed by atoms with Crippen molar-refractivity contribution < 1.29 is 23.9 Å². The number of esters is 1. The van der Waals surface area contributed by atoms with Gasteiger partial charge in [0.2, 0.25) is 5.60 Å².